The molecule has 0 unspecified atom stereocenters. The van der Waals surface area contributed by atoms with Crippen molar-refractivity contribution in [3.63, 3.8) is 0 Å². The minimum absolute atomic E-state index is 0.0845. The third-order valence-corrected chi connectivity index (χ3v) is 3.44. The van der Waals surface area contributed by atoms with Crippen LogP contribution in [0.4, 0.5) is 0 Å². The van der Waals surface area contributed by atoms with Crippen LogP contribution in [0, 0.1) is 0 Å². The molecule has 62 valence electrons. The average Bonchev–Trinajstić information content (AvgIpc) is 2.05. The van der Waals surface area contributed by atoms with Crippen molar-refractivity contribution >= 4 is 23.1 Å². The molecule has 0 aliphatic heterocycles. The SMILES string of the molecule is [B]c1ccccc1S(=O)(=O)CC. The van der Waals surface area contributed by atoms with E-state index in [-0.39, 0.29) is 10.6 Å². The van der Waals surface area contributed by atoms with Crippen molar-refractivity contribution in [3.8, 4) is 0 Å². The molecule has 0 amide bonds. The second-order valence-corrected chi connectivity index (χ2v) is 4.69. The Labute approximate surface area is 73.9 Å². The summed E-state index contributed by atoms with van der Waals surface area (Å²) in [7, 11) is 2.35. The normalized spacial score (nSPS) is 11.4. The van der Waals surface area contributed by atoms with E-state index in [9.17, 15) is 8.42 Å². The minimum Gasteiger partial charge on any atom is -0.224 e. The fourth-order valence-corrected chi connectivity index (χ4v) is 1.94. The summed E-state index contributed by atoms with van der Waals surface area (Å²) < 4.78 is 22.7. The van der Waals surface area contributed by atoms with E-state index in [0.29, 0.717) is 5.46 Å². The first-order chi connectivity index (χ1) is 5.58. The van der Waals surface area contributed by atoms with Crippen LogP contribution in [0.2, 0.25) is 0 Å². The Kier molecular flexibility index (Phi) is 2.57. The molecule has 0 aromatic heterocycles. The van der Waals surface area contributed by atoms with Crippen LogP contribution in [0.1, 0.15) is 6.92 Å². The van der Waals surface area contributed by atoms with Gasteiger partial charge >= 0.3 is 0 Å². The zero-order valence-corrected chi connectivity index (χ0v) is 7.64. The lowest BCUT2D eigenvalue weighted by Crippen LogP contribution is -2.16. The molecule has 0 aliphatic carbocycles. The summed E-state index contributed by atoms with van der Waals surface area (Å²) in [6, 6.07) is 6.49. The van der Waals surface area contributed by atoms with Gasteiger partial charge < -0.3 is 0 Å². The van der Waals surface area contributed by atoms with E-state index >= 15 is 0 Å². The van der Waals surface area contributed by atoms with E-state index in [4.69, 9.17) is 7.85 Å². The number of benzene rings is 1. The fraction of sp³-hybridized carbons (Fsp3) is 0.250. The van der Waals surface area contributed by atoms with Crippen LogP contribution in [-0.4, -0.2) is 22.0 Å². The molecule has 2 radical (unpaired) electrons. The molecule has 1 aromatic rings. The molecule has 1 rings (SSSR count). The van der Waals surface area contributed by atoms with Gasteiger partial charge in [-0.2, -0.15) is 0 Å². The molecular formula is C8H9BO2S. The molecule has 0 heterocycles. The lowest BCUT2D eigenvalue weighted by molar-refractivity contribution is 0.598. The molecule has 12 heavy (non-hydrogen) atoms. The molecule has 0 bridgehead atoms. The third kappa shape index (κ3) is 1.69. The number of rotatable bonds is 2. The van der Waals surface area contributed by atoms with Crippen molar-refractivity contribution in [1.29, 1.82) is 0 Å². The van der Waals surface area contributed by atoms with E-state index in [1.54, 1.807) is 25.1 Å². The molecule has 0 spiro atoms. The summed E-state index contributed by atoms with van der Waals surface area (Å²) in [5.74, 6) is 0.0845. The van der Waals surface area contributed by atoms with Crippen molar-refractivity contribution in [2.45, 2.75) is 11.8 Å². The van der Waals surface area contributed by atoms with Crippen LogP contribution in [0.5, 0.6) is 0 Å². The van der Waals surface area contributed by atoms with Crippen LogP contribution in [0.25, 0.3) is 0 Å². The fourth-order valence-electron chi connectivity index (χ4n) is 0.919. The van der Waals surface area contributed by atoms with Gasteiger partial charge in [0.2, 0.25) is 0 Å². The van der Waals surface area contributed by atoms with Crippen molar-refractivity contribution < 1.29 is 8.42 Å². The van der Waals surface area contributed by atoms with E-state index in [2.05, 4.69) is 0 Å². The first-order valence-corrected chi connectivity index (χ1v) is 5.30. The molecule has 0 aliphatic rings. The first kappa shape index (κ1) is 9.32. The van der Waals surface area contributed by atoms with Crippen molar-refractivity contribution in [2.24, 2.45) is 0 Å². The number of hydrogen-bond acceptors (Lipinski definition) is 2. The molecule has 0 saturated carbocycles. The largest absolute Gasteiger partial charge is 0.224 e. The summed E-state index contributed by atoms with van der Waals surface area (Å²) in [5.41, 5.74) is 0.319. The molecule has 0 atom stereocenters. The highest BCUT2D eigenvalue weighted by atomic mass is 32.2. The monoisotopic (exact) mass is 180 g/mol. The van der Waals surface area contributed by atoms with E-state index in [1.165, 1.54) is 6.07 Å². The molecular weight excluding hydrogens is 171 g/mol. The Bertz CT molecular complexity index is 370. The Morgan fingerprint density at radius 3 is 2.42 bits per heavy atom. The maximum Gasteiger partial charge on any atom is 0.177 e. The van der Waals surface area contributed by atoms with Crippen LogP contribution in [0.3, 0.4) is 0 Å². The van der Waals surface area contributed by atoms with Crippen LogP contribution >= 0.6 is 0 Å². The smallest absolute Gasteiger partial charge is 0.177 e. The highest BCUT2D eigenvalue weighted by molar-refractivity contribution is 7.91. The summed E-state index contributed by atoms with van der Waals surface area (Å²) in [6.45, 7) is 1.60. The quantitative estimate of drug-likeness (QED) is 0.612. The molecule has 2 nitrogen and oxygen atoms in total. The lowest BCUT2D eigenvalue weighted by Gasteiger charge is -2.04. The second-order valence-electron chi connectivity index (χ2n) is 2.44. The van der Waals surface area contributed by atoms with Crippen LogP contribution < -0.4 is 5.46 Å². The van der Waals surface area contributed by atoms with Gasteiger partial charge in [-0.05, 0) is 6.07 Å². The van der Waals surface area contributed by atoms with Crippen molar-refractivity contribution in [2.75, 3.05) is 5.75 Å². The van der Waals surface area contributed by atoms with Gasteiger partial charge in [0.1, 0.15) is 7.85 Å². The molecule has 0 fully saturated rings. The van der Waals surface area contributed by atoms with Gasteiger partial charge in [0.05, 0.1) is 10.6 Å². The summed E-state index contributed by atoms with van der Waals surface area (Å²) in [5, 5.41) is 0. The van der Waals surface area contributed by atoms with Crippen LogP contribution in [0.15, 0.2) is 29.2 Å². The molecule has 4 heteroatoms. The predicted molar refractivity (Wildman–Crippen MR) is 49.6 cm³/mol. The van der Waals surface area contributed by atoms with Gasteiger partial charge in [-0.3, -0.25) is 0 Å². The third-order valence-electron chi connectivity index (χ3n) is 1.63. The summed E-state index contributed by atoms with van der Waals surface area (Å²) in [4.78, 5) is 0.229. The van der Waals surface area contributed by atoms with Gasteiger partial charge in [0, 0.05) is 0 Å². The average molecular weight is 180 g/mol. The van der Waals surface area contributed by atoms with Crippen molar-refractivity contribution in [3.05, 3.63) is 24.3 Å². The molecule has 0 N–H and O–H groups in total. The van der Waals surface area contributed by atoms with E-state index in [1.807, 2.05) is 0 Å². The Hall–Kier alpha value is -0.765. The zero-order valence-electron chi connectivity index (χ0n) is 6.82. The Morgan fingerprint density at radius 2 is 1.92 bits per heavy atom. The highest BCUT2D eigenvalue weighted by Crippen LogP contribution is 2.06. The van der Waals surface area contributed by atoms with Gasteiger partial charge in [-0.25, -0.2) is 8.42 Å². The second kappa shape index (κ2) is 3.31. The van der Waals surface area contributed by atoms with Gasteiger partial charge in [-0.1, -0.05) is 30.6 Å². The van der Waals surface area contributed by atoms with E-state index in [0.717, 1.165) is 0 Å². The van der Waals surface area contributed by atoms with Gasteiger partial charge in [-0.15, -0.1) is 0 Å². The van der Waals surface area contributed by atoms with Gasteiger partial charge in [0.15, 0.2) is 9.84 Å². The minimum atomic E-state index is -3.15. The topological polar surface area (TPSA) is 34.1 Å². The summed E-state index contributed by atoms with van der Waals surface area (Å²) in [6.07, 6.45) is 0. The highest BCUT2D eigenvalue weighted by Gasteiger charge is 2.12. The molecule has 0 saturated heterocycles. The predicted octanol–water partition coefficient (Wildman–Crippen LogP) is 0.274. The maximum absolute atomic E-state index is 11.3. The maximum atomic E-state index is 11.3. The Morgan fingerprint density at radius 1 is 1.33 bits per heavy atom. The van der Waals surface area contributed by atoms with Crippen molar-refractivity contribution in [1.82, 2.24) is 0 Å². The summed E-state index contributed by atoms with van der Waals surface area (Å²) >= 11 is 0. The number of sulfone groups is 1. The first-order valence-electron chi connectivity index (χ1n) is 3.65. The van der Waals surface area contributed by atoms with Crippen LogP contribution in [-0.2, 0) is 9.84 Å². The van der Waals surface area contributed by atoms with E-state index < -0.39 is 9.84 Å². The Balaban J connectivity index is 3.30. The lowest BCUT2D eigenvalue weighted by atomic mass is 9.97. The number of hydrogen-bond donors (Lipinski definition) is 0. The standard InChI is InChI=1S/C8H9BO2S/c1-2-12(10,11)8-6-4-3-5-7(8)9/h3-6H,2H2,1H3. The molecule has 1 aromatic carbocycles. The van der Waals surface area contributed by atoms with Gasteiger partial charge in [0.25, 0.3) is 0 Å². The zero-order chi connectivity index (χ0) is 9.19.